The highest BCUT2D eigenvalue weighted by Crippen LogP contribution is 2.67. The van der Waals surface area contributed by atoms with Crippen molar-refractivity contribution in [2.45, 2.75) is 10.8 Å². The van der Waals surface area contributed by atoms with Crippen molar-refractivity contribution in [3.63, 3.8) is 0 Å². The summed E-state index contributed by atoms with van der Waals surface area (Å²) < 4.78 is 79.5. The number of benzene rings is 17. The maximum atomic E-state index is 10.2. The van der Waals surface area contributed by atoms with E-state index in [-0.39, 0.29) is 33.9 Å². The van der Waals surface area contributed by atoms with E-state index in [1.807, 2.05) is 12.1 Å². The highest BCUT2D eigenvalue weighted by molar-refractivity contribution is 7.00. The number of anilines is 6. The summed E-state index contributed by atoms with van der Waals surface area (Å²) in [5, 5.41) is -0.00617. The van der Waals surface area contributed by atoms with Gasteiger partial charge in [-0.05, 0) is 199 Å². The molecule has 108 heavy (non-hydrogen) atoms. The van der Waals surface area contributed by atoms with Crippen LogP contribution >= 0.6 is 0 Å². The van der Waals surface area contributed by atoms with Gasteiger partial charge in [0, 0.05) is 44.6 Å². The van der Waals surface area contributed by atoms with Crippen LogP contribution in [0.15, 0.2) is 388 Å². The number of fused-ring (bicyclic) bond motifs is 27. The number of aromatic nitrogens is 1. The van der Waals surface area contributed by atoms with Crippen LogP contribution in [-0.2, 0) is 10.8 Å². The summed E-state index contributed by atoms with van der Waals surface area (Å²) >= 11 is 0. The van der Waals surface area contributed by atoms with Crippen molar-refractivity contribution in [3.05, 3.63) is 433 Å². The van der Waals surface area contributed by atoms with E-state index in [1.54, 1.807) is 4.57 Å². The lowest BCUT2D eigenvalue weighted by molar-refractivity contribution is 0.794. The molecule has 0 N–H and O–H groups in total. The Morgan fingerprint density at radius 1 is 0.231 bits per heavy atom. The van der Waals surface area contributed by atoms with Gasteiger partial charge in [0.2, 0.25) is 0 Å². The second-order valence-corrected chi connectivity index (χ2v) is 29.4. The Bertz CT molecular complexity index is 6880. The highest BCUT2D eigenvalue weighted by atomic mass is 15.2. The van der Waals surface area contributed by atoms with E-state index in [0.717, 1.165) is 128 Å². The van der Waals surface area contributed by atoms with Gasteiger partial charge in [-0.1, -0.05) is 327 Å². The minimum Gasteiger partial charge on any atom is -0.311 e. The average molecular weight is 1370 g/mol. The number of rotatable bonds is 7. The molecule has 498 valence electrons. The molecule has 2 spiro atoms. The van der Waals surface area contributed by atoms with Crippen LogP contribution in [0.5, 0.6) is 0 Å². The maximum absolute atomic E-state index is 10.2. The molecule has 0 saturated carbocycles. The van der Waals surface area contributed by atoms with Gasteiger partial charge in [-0.15, -0.1) is 0 Å². The minimum absolute atomic E-state index is 0.00308. The Hall–Kier alpha value is -13.8. The van der Waals surface area contributed by atoms with E-state index >= 15 is 0 Å². The zero-order chi connectivity index (χ0) is 77.5. The van der Waals surface area contributed by atoms with Crippen molar-refractivity contribution in [2.24, 2.45) is 0 Å². The molecule has 6 aliphatic rings. The van der Waals surface area contributed by atoms with Gasteiger partial charge >= 0.3 is 0 Å². The Kier molecular flexibility index (Phi) is 10.8. The summed E-state index contributed by atoms with van der Waals surface area (Å²) in [5.41, 5.74) is 33.9. The lowest BCUT2D eigenvalue weighted by atomic mass is 9.33. The van der Waals surface area contributed by atoms with Crippen LogP contribution in [0, 0.1) is 0 Å². The smallest absolute Gasteiger partial charge is 0.252 e. The summed E-state index contributed by atoms with van der Waals surface area (Å²) in [5.74, 6) is 0. The van der Waals surface area contributed by atoms with Crippen LogP contribution in [-0.4, -0.2) is 11.3 Å². The van der Waals surface area contributed by atoms with Gasteiger partial charge in [0.05, 0.1) is 49.9 Å². The lowest BCUT2D eigenvalue weighted by Crippen LogP contribution is -2.62. The van der Waals surface area contributed by atoms with Gasteiger partial charge in [0.1, 0.15) is 0 Å². The molecule has 3 heterocycles. The minimum atomic E-state index is -0.811. The fourth-order valence-corrected chi connectivity index (χ4v) is 20.3. The normalized spacial score (nSPS) is 15.1. The largest absolute Gasteiger partial charge is 0.311 e. The SMILES string of the molecule is [2H]c1c([2H])c([2H])c2c(c1[2H])c1c([2H])c([2H])c([2H])c([2H])c1n2-c1cc2c3c(c1)N(c1ccccc1-c1ccccc1)c1cc4c(cc1B3c1cc3c(cc1N2c1ccccc1-c1ccccc1)-c1cc(-c2ccccc2)ccc1C31c2ccccc2-c2ccccc21)C1(c2ccccc2-c2ccccc21)c1ccc(-c2ccccc2)cc1-4. The van der Waals surface area contributed by atoms with Crippen molar-refractivity contribution in [1.82, 2.24) is 4.57 Å². The monoisotopic (exact) mass is 1370 g/mol. The van der Waals surface area contributed by atoms with E-state index in [2.05, 4.69) is 337 Å². The predicted molar refractivity (Wildman–Crippen MR) is 449 cm³/mol. The van der Waals surface area contributed by atoms with E-state index in [0.29, 0.717) is 5.69 Å². The fraction of sp³-hybridized carbons (Fsp3) is 0.0192. The second kappa shape index (κ2) is 22.4. The molecular formula is C104H64BN3. The van der Waals surface area contributed by atoms with Crippen molar-refractivity contribution in [2.75, 3.05) is 9.80 Å². The van der Waals surface area contributed by atoms with E-state index in [4.69, 9.17) is 0 Å². The summed E-state index contributed by atoms with van der Waals surface area (Å²) in [6, 6.07) is 121. The molecular weight excluding hydrogens is 1300 g/mol. The zero-order valence-electron chi connectivity index (χ0n) is 66.3. The molecule has 0 saturated heterocycles. The lowest BCUT2D eigenvalue weighted by Gasteiger charge is -2.46. The third-order valence-corrected chi connectivity index (χ3v) is 24.4. The molecule has 1 aromatic heterocycles. The molecule has 0 bridgehead atoms. The first kappa shape index (κ1) is 52.2. The Balaban J connectivity index is 0.918. The van der Waals surface area contributed by atoms with Crippen LogP contribution in [0.1, 0.15) is 55.5 Å². The maximum Gasteiger partial charge on any atom is 0.252 e. The Morgan fingerprint density at radius 2 is 0.556 bits per heavy atom. The second-order valence-electron chi connectivity index (χ2n) is 29.4. The Morgan fingerprint density at radius 3 is 0.954 bits per heavy atom. The number of hydrogen-bond acceptors (Lipinski definition) is 2. The van der Waals surface area contributed by atoms with Crippen LogP contribution in [0.25, 0.3) is 117 Å². The van der Waals surface area contributed by atoms with Crippen LogP contribution in [0.3, 0.4) is 0 Å². The molecule has 0 fully saturated rings. The summed E-state index contributed by atoms with van der Waals surface area (Å²) in [4.78, 5) is 4.90. The molecule has 0 atom stereocenters. The van der Waals surface area contributed by atoms with Crippen molar-refractivity contribution < 1.29 is 11.0 Å². The first-order chi connectivity index (χ1) is 56.9. The zero-order valence-corrected chi connectivity index (χ0v) is 58.3. The van der Waals surface area contributed by atoms with Crippen molar-refractivity contribution in [1.29, 1.82) is 0 Å². The molecule has 24 rings (SSSR count). The molecule has 4 aliphatic carbocycles. The fourth-order valence-electron chi connectivity index (χ4n) is 20.3. The Labute approximate surface area is 638 Å². The van der Waals surface area contributed by atoms with E-state index < -0.39 is 53.8 Å². The highest BCUT2D eigenvalue weighted by Gasteiger charge is 2.57. The number of para-hydroxylation sites is 4. The molecule has 3 nitrogen and oxygen atoms in total. The van der Waals surface area contributed by atoms with Crippen LogP contribution in [0.2, 0.25) is 0 Å². The van der Waals surface area contributed by atoms with Gasteiger partial charge in [-0.3, -0.25) is 0 Å². The van der Waals surface area contributed by atoms with E-state index in [9.17, 15) is 11.0 Å². The molecule has 17 aromatic carbocycles. The molecule has 2 aliphatic heterocycles. The number of hydrogen-bond donors (Lipinski definition) is 0. The van der Waals surface area contributed by atoms with Gasteiger partial charge < -0.3 is 14.4 Å². The predicted octanol–water partition coefficient (Wildman–Crippen LogP) is 24.2. The summed E-state index contributed by atoms with van der Waals surface area (Å²) in [6.07, 6.45) is 0. The standard InChI is InChI=1S/C104H64BN3/c1-5-29-65(30-6-1)69-53-55-88-80(57-69)82-61-98-92(63-90(82)103(88)84-45-21-13-39-74(84)75-40-14-22-46-85(75)103)105-93-64-91-83(81-58-70(66-31-7-2-8-32-66)54-56-89(81)104(91)86-47-23-15-41-76(86)77-42-16-24-48-87(77)104)62-99(93)108(95-50-26-18-38-73(95)68-35-11-4-12-36-68)101-60-71(106-96-51-27-19-43-78(96)79-44-20-28-52-97(79)106)59-100(102(101)105)107(98)94-49-25-17-37-72(94)67-33-9-3-10-34-67/h1-64H/i19D,20D,27D,28D,43D,44D,51D,52D. The quantitative estimate of drug-likeness (QED) is 0.147. The van der Waals surface area contributed by atoms with Crippen LogP contribution < -0.4 is 26.2 Å². The van der Waals surface area contributed by atoms with Gasteiger partial charge in [0.25, 0.3) is 6.71 Å². The first-order valence-electron chi connectivity index (χ1n) is 41.2. The van der Waals surface area contributed by atoms with Gasteiger partial charge in [-0.2, -0.15) is 0 Å². The number of nitrogens with zero attached hydrogens (tertiary/aromatic N) is 3. The van der Waals surface area contributed by atoms with Crippen molar-refractivity contribution in [3.8, 4) is 94.7 Å². The van der Waals surface area contributed by atoms with Crippen molar-refractivity contribution >= 4 is 79.0 Å². The van der Waals surface area contributed by atoms with Gasteiger partial charge in [0.15, 0.2) is 0 Å². The summed E-state index contributed by atoms with van der Waals surface area (Å²) in [6.45, 7) is -0.595. The molecule has 0 amide bonds. The summed E-state index contributed by atoms with van der Waals surface area (Å²) in [7, 11) is 0. The van der Waals surface area contributed by atoms with E-state index in [1.165, 1.54) is 55.6 Å². The molecule has 0 unspecified atom stereocenters. The topological polar surface area (TPSA) is 11.4 Å². The average Bonchev–Trinajstić information content (AvgIpc) is 1.46. The van der Waals surface area contributed by atoms with Gasteiger partial charge in [-0.25, -0.2) is 0 Å². The molecule has 0 radical (unpaired) electrons. The van der Waals surface area contributed by atoms with Crippen LogP contribution in [0.4, 0.5) is 34.1 Å². The first-order valence-corrected chi connectivity index (χ1v) is 37.2. The third kappa shape index (κ3) is 7.87. The third-order valence-electron chi connectivity index (χ3n) is 24.4. The molecule has 4 heteroatoms. The molecule has 18 aromatic rings.